The smallest absolute Gasteiger partial charge is 0.311 e. The van der Waals surface area contributed by atoms with E-state index in [9.17, 15) is 4.79 Å². The fourth-order valence-electron chi connectivity index (χ4n) is 2.31. The summed E-state index contributed by atoms with van der Waals surface area (Å²) in [6.07, 6.45) is 16.9. The number of rotatable bonds is 15. The van der Waals surface area contributed by atoms with E-state index in [1.54, 1.807) is 0 Å². The van der Waals surface area contributed by atoms with Crippen molar-refractivity contribution in [1.29, 1.82) is 0 Å². The van der Waals surface area contributed by atoms with Gasteiger partial charge in [0.2, 0.25) is 0 Å². The molecule has 2 heteroatoms. The lowest BCUT2D eigenvalue weighted by Crippen LogP contribution is -2.26. The van der Waals surface area contributed by atoms with Crippen LogP contribution in [0.2, 0.25) is 0 Å². The van der Waals surface area contributed by atoms with Crippen LogP contribution in [0.4, 0.5) is 0 Å². The molecule has 0 saturated heterocycles. The molecule has 0 fully saturated rings. The van der Waals surface area contributed by atoms with Crippen molar-refractivity contribution in [2.45, 2.75) is 97.8 Å². The summed E-state index contributed by atoms with van der Waals surface area (Å²) >= 11 is 0. The zero-order valence-electron chi connectivity index (χ0n) is 15.3. The topological polar surface area (TPSA) is 26.3 Å². The van der Waals surface area contributed by atoms with Gasteiger partial charge in [0, 0.05) is 0 Å². The molecule has 0 saturated carbocycles. The molecule has 0 aromatic heterocycles. The first-order valence-electron chi connectivity index (χ1n) is 9.32. The first-order chi connectivity index (χ1) is 10.5. The lowest BCUT2D eigenvalue weighted by atomic mass is 9.91. The normalized spacial score (nSPS) is 11.4. The molecule has 0 rings (SSSR count). The van der Waals surface area contributed by atoms with Crippen LogP contribution in [0, 0.1) is 5.41 Å². The van der Waals surface area contributed by atoms with E-state index in [0.29, 0.717) is 6.61 Å². The highest BCUT2D eigenvalue weighted by molar-refractivity contribution is 5.75. The average Bonchev–Trinajstić information content (AvgIpc) is 2.51. The first kappa shape index (κ1) is 21.2. The van der Waals surface area contributed by atoms with Crippen molar-refractivity contribution < 1.29 is 9.53 Å². The monoisotopic (exact) mass is 310 g/mol. The van der Waals surface area contributed by atoms with Gasteiger partial charge in [-0.25, -0.2) is 0 Å². The van der Waals surface area contributed by atoms with Crippen molar-refractivity contribution in [3.8, 4) is 0 Å². The zero-order chi connectivity index (χ0) is 16.7. The number of unbranched alkanes of at least 4 members (excludes halogenated alkanes) is 10. The molecule has 0 heterocycles. The Morgan fingerprint density at radius 3 is 1.82 bits per heavy atom. The Morgan fingerprint density at radius 1 is 0.909 bits per heavy atom. The Morgan fingerprint density at radius 2 is 1.36 bits per heavy atom. The third kappa shape index (κ3) is 11.8. The predicted molar refractivity (Wildman–Crippen MR) is 96.0 cm³/mol. The van der Waals surface area contributed by atoms with E-state index in [2.05, 4.69) is 6.58 Å². The fourth-order valence-corrected chi connectivity index (χ4v) is 2.31. The Kier molecular flexibility index (Phi) is 13.3. The van der Waals surface area contributed by atoms with E-state index in [0.717, 1.165) is 12.8 Å². The van der Waals surface area contributed by atoms with Gasteiger partial charge in [0.15, 0.2) is 0 Å². The molecule has 0 aliphatic rings. The van der Waals surface area contributed by atoms with E-state index >= 15 is 0 Å². The largest absolute Gasteiger partial charge is 0.465 e. The van der Waals surface area contributed by atoms with Crippen LogP contribution < -0.4 is 0 Å². The van der Waals surface area contributed by atoms with Gasteiger partial charge in [-0.15, -0.1) is 6.58 Å². The molecule has 0 amide bonds. The van der Waals surface area contributed by atoms with Gasteiger partial charge in [0.25, 0.3) is 0 Å². The van der Waals surface area contributed by atoms with Crippen molar-refractivity contribution in [3.63, 3.8) is 0 Å². The Balaban J connectivity index is 3.24. The van der Waals surface area contributed by atoms with Crippen LogP contribution in [0.5, 0.6) is 0 Å². The molecule has 0 unspecified atom stereocenters. The van der Waals surface area contributed by atoms with Gasteiger partial charge >= 0.3 is 5.97 Å². The lowest BCUT2D eigenvalue weighted by molar-refractivity contribution is -0.154. The zero-order valence-corrected chi connectivity index (χ0v) is 15.3. The van der Waals surface area contributed by atoms with E-state index in [4.69, 9.17) is 4.74 Å². The molecule has 0 aromatic carbocycles. The minimum Gasteiger partial charge on any atom is -0.465 e. The van der Waals surface area contributed by atoms with Gasteiger partial charge in [-0.05, 0) is 39.5 Å². The van der Waals surface area contributed by atoms with Crippen molar-refractivity contribution in [3.05, 3.63) is 12.7 Å². The van der Waals surface area contributed by atoms with Crippen LogP contribution in [-0.2, 0) is 9.53 Å². The molecular formula is C20H38O2. The predicted octanol–water partition coefficient (Wildman–Crippen LogP) is 6.44. The van der Waals surface area contributed by atoms with E-state index in [-0.39, 0.29) is 11.4 Å². The standard InChI is InChI=1S/C20H38O2/c1-5-7-8-9-10-11-12-13-14-15-16-17-18-22-19(21)20(3,4)6-2/h5H,1,6-18H2,2-4H3. The van der Waals surface area contributed by atoms with Crippen LogP contribution >= 0.6 is 0 Å². The summed E-state index contributed by atoms with van der Waals surface area (Å²) in [5.74, 6) is -0.0496. The molecule has 0 spiro atoms. The molecule has 0 N–H and O–H groups in total. The summed E-state index contributed by atoms with van der Waals surface area (Å²) in [5.41, 5.74) is -0.328. The summed E-state index contributed by atoms with van der Waals surface area (Å²) in [6.45, 7) is 10.3. The summed E-state index contributed by atoms with van der Waals surface area (Å²) in [5, 5.41) is 0. The van der Waals surface area contributed by atoms with Gasteiger partial charge in [0.1, 0.15) is 0 Å². The maximum Gasteiger partial charge on any atom is 0.311 e. The second kappa shape index (κ2) is 13.8. The van der Waals surface area contributed by atoms with Crippen molar-refractivity contribution >= 4 is 5.97 Å². The molecule has 0 aliphatic carbocycles. The number of hydrogen-bond donors (Lipinski definition) is 0. The number of carbonyl (C=O) groups is 1. The van der Waals surface area contributed by atoms with Crippen molar-refractivity contribution in [1.82, 2.24) is 0 Å². The Bertz CT molecular complexity index is 281. The SMILES string of the molecule is C=CCCCCCCCCCCCCOC(=O)C(C)(C)CC. The maximum absolute atomic E-state index is 11.8. The molecular weight excluding hydrogens is 272 g/mol. The number of allylic oxidation sites excluding steroid dienone is 1. The molecule has 0 aromatic rings. The molecule has 130 valence electrons. The van der Waals surface area contributed by atoms with Gasteiger partial charge in [-0.2, -0.15) is 0 Å². The van der Waals surface area contributed by atoms with Crippen LogP contribution in [0.25, 0.3) is 0 Å². The van der Waals surface area contributed by atoms with Crippen LogP contribution in [0.3, 0.4) is 0 Å². The van der Waals surface area contributed by atoms with Gasteiger partial charge < -0.3 is 4.74 Å². The number of carbonyl (C=O) groups excluding carboxylic acids is 1. The van der Waals surface area contributed by atoms with Crippen LogP contribution in [0.1, 0.15) is 97.8 Å². The van der Waals surface area contributed by atoms with Crippen molar-refractivity contribution in [2.24, 2.45) is 5.41 Å². The molecule has 0 radical (unpaired) electrons. The lowest BCUT2D eigenvalue weighted by Gasteiger charge is -2.20. The van der Waals surface area contributed by atoms with Gasteiger partial charge in [-0.1, -0.05) is 64.4 Å². The summed E-state index contributed by atoms with van der Waals surface area (Å²) < 4.78 is 5.34. The third-order valence-electron chi connectivity index (χ3n) is 4.47. The molecule has 0 aliphatic heterocycles. The first-order valence-corrected chi connectivity index (χ1v) is 9.32. The maximum atomic E-state index is 11.8. The molecule has 0 bridgehead atoms. The fraction of sp³-hybridized carbons (Fsp3) is 0.850. The summed E-state index contributed by atoms with van der Waals surface area (Å²) in [4.78, 5) is 11.8. The number of ether oxygens (including phenoxy) is 1. The Labute approximate surface area is 138 Å². The minimum atomic E-state index is -0.328. The molecule has 22 heavy (non-hydrogen) atoms. The van der Waals surface area contributed by atoms with Crippen molar-refractivity contribution in [2.75, 3.05) is 6.61 Å². The minimum absolute atomic E-state index is 0.0496. The highest BCUT2D eigenvalue weighted by Crippen LogP contribution is 2.21. The average molecular weight is 311 g/mol. The molecule has 0 atom stereocenters. The summed E-state index contributed by atoms with van der Waals surface area (Å²) in [7, 11) is 0. The van der Waals surface area contributed by atoms with E-state index in [1.165, 1.54) is 64.2 Å². The highest BCUT2D eigenvalue weighted by atomic mass is 16.5. The van der Waals surface area contributed by atoms with E-state index in [1.807, 2.05) is 26.8 Å². The highest BCUT2D eigenvalue weighted by Gasteiger charge is 2.26. The number of hydrogen-bond acceptors (Lipinski definition) is 2. The second-order valence-corrected chi connectivity index (χ2v) is 6.99. The second-order valence-electron chi connectivity index (χ2n) is 6.99. The van der Waals surface area contributed by atoms with E-state index < -0.39 is 0 Å². The van der Waals surface area contributed by atoms with Gasteiger partial charge in [-0.3, -0.25) is 4.79 Å². The Hall–Kier alpha value is -0.790. The van der Waals surface area contributed by atoms with Gasteiger partial charge in [0.05, 0.1) is 12.0 Å². The van der Waals surface area contributed by atoms with Crippen LogP contribution in [0.15, 0.2) is 12.7 Å². The number of esters is 1. The molecule has 2 nitrogen and oxygen atoms in total. The quantitative estimate of drug-likeness (QED) is 0.197. The summed E-state index contributed by atoms with van der Waals surface area (Å²) in [6, 6.07) is 0. The van der Waals surface area contributed by atoms with Crippen LogP contribution in [-0.4, -0.2) is 12.6 Å². The third-order valence-corrected chi connectivity index (χ3v) is 4.47.